The van der Waals surface area contributed by atoms with Crippen LogP contribution in [-0.4, -0.2) is 11.9 Å². The molecule has 0 spiro atoms. The van der Waals surface area contributed by atoms with E-state index in [-0.39, 0.29) is 34.1 Å². The molecule has 280 valence electrons. The molecule has 0 aliphatic carbocycles. The minimum atomic E-state index is -2.36. The van der Waals surface area contributed by atoms with Crippen molar-refractivity contribution < 1.29 is 77.2 Å². The molecule has 0 atom stereocenters. The Morgan fingerprint density at radius 1 is 0.327 bits per heavy atom. The molecule has 0 N–H and O–H groups in total. The highest BCUT2D eigenvalue weighted by Gasteiger charge is 2.29. The van der Waals surface area contributed by atoms with Gasteiger partial charge in [-0.3, -0.25) is 0 Å². The van der Waals surface area contributed by atoms with E-state index in [1.54, 1.807) is 0 Å². The van der Waals surface area contributed by atoms with Crippen molar-refractivity contribution in [2.45, 2.75) is 0 Å². The van der Waals surface area contributed by atoms with Crippen LogP contribution in [0.2, 0.25) is 0 Å². The van der Waals surface area contributed by atoms with E-state index in [0.29, 0.717) is 0 Å². The number of rotatable bonds is 10. The third-order valence-corrected chi connectivity index (χ3v) is 7.23. The molecule has 6 aromatic rings. The van der Waals surface area contributed by atoms with Gasteiger partial charge >= 0.3 is 11.9 Å². The maximum atomic E-state index is 14.0. The first-order chi connectivity index (χ1) is 26.2. The summed E-state index contributed by atoms with van der Waals surface area (Å²) >= 11 is 0. The molecular formula is C38H16F10O7. The Labute approximate surface area is 301 Å². The van der Waals surface area contributed by atoms with Crippen molar-refractivity contribution in [1.29, 1.82) is 0 Å². The molecule has 0 heterocycles. The van der Waals surface area contributed by atoms with Crippen LogP contribution >= 0.6 is 0 Å². The van der Waals surface area contributed by atoms with Crippen molar-refractivity contribution in [2.75, 3.05) is 0 Å². The van der Waals surface area contributed by atoms with Gasteiger partial charge < -0.3 is 23.7 Å². The largest absolute Gasteiger partial charge is 0.457 e. The maximum absolute atomic E-state index is 14.0. The van der Waals surface area contributed by atoms with Crippen molar-refractivity contribution in [3.63, 3.8) is 0 Å². The summed E-state index contributed by atoms with van der Waals surface area (Å²) in [5.41, 5.74) is 0.0246. The van der Waals surface area contributed by atoms with Gasteiger partial charge in [0.2, 0.25) is 69.7 Å². The van der Waals surface area contributed by atoms with Crippen molar-refractivity contribution >= 4 is 11.9 Å². The fourth-order valence-corrected chi connectivity index (χ4v) is 4.57. The van der Waals surface area contributed by atoms with Gasteiger partial charge in [0.1, 0.15) is 34.5 Å². The van der Waals surface area contributed by atoms with Crippen molar-refractivity contribution in [3.8, 4) is 46.0 Å². The van der Waals surface area contributed by atoms with Crippen molar-refractivity contribution in [3.05, 3.63) is 166 Å². The van der Waals surface area contributed by atoms with E-state index in [1.807, 2.05) is 0 Å². The van der Waals surface area contributed by atoms with Crippen LogP contribution in [0.25, 0.3) is 0 Å². The lowest BCUT2D eigenvalue weighted by atomic mass is 10.2. The number of halogens is 10. The molecule has 0 fully saturated rings. The Kier molecular flexibility index (Phi) is 10.6. The molecule has 7 nitrogen and oxygen atoms in total. The minimum Gasteiger partial charge on any atom is -0.457 e. The molecular weight excluding hydrogens is 758 g/mol. The fourth-order valence-electron chi connectivity index (χ4n) is 4.57. The fraction of sp³-hybridized carbons (Fsp3) is 0. The van der Waals surface area contributed by atoms with E-state index in [9.17, 15) is 53.5 Å². The topological polar surface area (TPSA) is 80.3 Å². The Morgan fingerprint density at radius 2 is 0.618 bits per heavy atom. The Hall–Kier alpha value is -7.04. The number of hydrogen-bond acceptors (Lipinski definition) is 7. The molecule has 0 aliphatic heterocycles. The van der Waals surface area contributed by atoms with Crippen LogP contribution < -0.4 is 23.7 Å². The Morgan fingerprint density at radius 3 is 0.945 bits per heavy atom. The van der Waals surface area contributed by atoms with Crippen LogP contribution in [0.1, 0.15) is 20.7 Å². The Bertz CT molecular complexity index is 2230. The summed E-state index contributed by atoms with van der Waals surface area (Å²) in [5.74, 6) is -28.0. The van der Waals surface area contributed by atoms with Gasteiger partial charge in [0.05, 0.1) is 11.1 Å². The number of hydrogen-bond donors (Lipinski definition) is 0. The summed E-state index contributed by atoms with van der Waals surface area (Å²) in [6, 6.07) is 20.0. The lowest BCUT2D eigenvalue weighted by molar-refractivity contribution is 0.0725. The second-order valence-electron chi connectivity index (χ2n) is 10.9. The third kappa shape index (κ3) is 8.00. The van der Waals surface area contributed by atoms with Gasteiger partial charge in [-0.05, 0) is 72.8 Å². The summed E-state index contributed by atoms with van der Waals surface area (Å²) in [7, 11) is 0. The second kappa shape index (κ2) is 15.5. The number of benzene rings is 6. The molecule has 0 aromatic heterocycles. The first kappa shape index (κ1) is 37.7. The van der Waals surface area contributed by atoms with Gasteiger partial charge in [-0.1, -0.05) is 12.1 Å². The monoisotopic (exact) mass is 774 g/mol. The second-order valence-corrected chi connectivity index (χ2v) is 10.9. The van der Waals surface area contributed by atoms with Crippen LogP contribution in [0.15, 0.2) is 97.1 Å². The minimum absolute atomic E-state index is 0.0123. The lowest BCUT2D eigenvalue weighted by Crippen LogP contribution is -2.08. The molecule has 55 heavy (non-hydrogen) atoms. The standard InChI is InChI=1S/C38H16F10O7/c39-25-27(41)31(45)35(32(46)28(25)42)52-21-3-1-5-23(15-21)54-37(49)17-7-11-19(12-8-17)51-20-13-9-18(10-14-20)38(50)55-24-6-2-4-22(16-24)53-36-33(47)29(43)26(40)30(44)34(36)48/h1-16H. The zero-order valence-corrected chi connectivity index (χ0v) is 26.9. The van der Waals surface area contributed by atoms with Gasteiger partial charge in [0.25, 0.3) is 0 Å². The van der Waals surface area contributed by atoms with E-state index >= 15 is 0 Å². The SMILES string of the molecule is O=C(Oc1cccc(Oc2c(F)c(F)c(F)c(F)c2F)c1)c1ccc(Oc2ccc(C(=O)Oc3cccc(Oc4c(F)c(F)c(F)c(F)c4F)c3)cc2)cc1. The number of carbonyl (C=O) groups is 2. The molecule has 17 heteroatoms. The van der Waals surface area contributed by atoms with Gasteiger partial charge in [-0.2, -0.15) is 17.6 Å². The predicted molar refractivity (Wildman–Crippen MR) is 168 cm³/mol. The average Bonchev–Trinajstić information content (AvgIpc) is 3.19. The lowest BCUT2D eigenvalue weighted by Gasteiger charge is -2.11. The average molecular weight is 775 g/mol. The van der Waals surface area contributed by atoms with E-state index < -0.39 is 93.1 Å². The van der Waals surface area contributed by atoms with Crippen LogP contribution in [0.5, 0.6) is 46.0 Å². The summed E-state index contributed by atoms with van der Waals surface area (Å²) in [4.78, 5) is 25.4. The number of ether oxygens (including phenoxy) is 5. The van der Waals surface area contributed by atoms with Crippen LogP contribution in [0.4, 0.5) is 43.9 Å². The smallest absolute Gasteiger partial charge is 0.343 e. The molecule has 0 aliphatic rings. The molecule has 0 bridgehead atoms. The van der Waals surface area contributed by atoms with Crippen LogP contribution in [0.3, 0.4) is 0 Å². The summed E-state index contributed by atoms with van der Waals surface area (Å²) in [6.45, 7) is 0. The molecule has 6 rings (SSSR count). The summed E-state index contributed by atoms with van der Waals surface area (Å²) in [6.07, 6.45) is 0. The zero-order valence-electron chi connectivity index (χ0n) is 26.9. The molecule has 6 aromatic carbocycles. The number of carbonyl (C=O) groups excluding carboxylic acids is 2. The third-order valence-electron chi connectivity index (χ3n) is 7.23. The van der Waals surface area contributed by atoms with Gasteiger partial charge in [0, 0.05) is 12.1 Å². The van der Waals surface area contributed by atoms with E-state index in [4.69, 9.17) is 23.7 Å². The molecule has 0 radical (unpaired) electrons. The van der Waals surface area contributed by atoms with Crippen molar-refractivity contribution in [1.82, 2.24) is 0 Å². The van der Waals surface area contributed by atoms with Crippen molar-refractivity contribution in [2.24, 2.45) is 0 Å². The zero-order chi connectivity index (χ0) is 39.6. The molecule has 0 amide bonds. The predicted octanol–water partition coefficient (Wildman–Crippen LogP) is 10.9. The first-order valence-electron chi connectivity index (χ1n) is 15.1. The van der Waals surface area contributed by atoms with Gasteiger partial charge in [0.15, 0.2) is 0 Å². The maximum Gasteiger partial charge on any atom is 0.343 e. The molecule has 0 unspecified atom stereocenters. The highest BCUT2D eigenvalue weighted by atomic mass is 19.2. The normalized spacial score (nSPS) is 10.9. The molecule has 0 saturated heterocycles. The number of esters is 2. The molecule has 0 saturated carbocycles. The van der Waals surface area contributed by atoms with E-state index in [1.165, 1.54) is 72.8 Å². The quantitative estimate of drug-likeness (QED) is 0.0451. The van der Waals surface area contributed by atoms with E-state index in [2.05, 4.69) is 0 Å². The summed E-state index contributed by atoms with van der Waals surface area (Å²) < 4.78 is 163. The van der Waals surface area contributed by atoms with Crippen LogP contribution in [0, 0.1) is 58.2 Å². The summed E-state index contributed by atoms with van der Waals surface area (Å²) in [5, 5.41) is 0. The van der Waals surface area contributed by atoms with Crippen LogP contribution in [-0.2, 0) is 0 Å². The highest BCUT2D eigenvalue weighted by Crippen LogP contribution is 2.36. The van der Waals surface area contributed by atoms with Gasteiger partial charge in [-0.25, -0.2) is 35.9 Å². The van der Waals surface area contributed by atoms with E-state index in [0.717, 1.165) is 24.3 Å². The highest BCUT2D eigenvalue weighted by molar-refractivity contribution is 5.92. The van der Waals surface area contributed by atoms with Gasteiger partial charge in [-0.15, -0.1) is 0 Å². The first-order valence-corrected chi connectivity index (χ1v) is 15.1. The Balaban J connectivity index is 1.05.